The number of nitrogens with zero attached hydrogens (tertiary/aromatic N) is 1. The minimum Gasteiger partial charge on any atom is -0.383 e. The van der Waals surface area contributed by atoms with Gasteiger partial charge in [0.25, 0.3) is 0 Å². The second-order valence-electron chi connectivity index (χ2n) is 4.64. The van der Waals surface area contributed by atoms with Gasteiger partial charge < -0.3 is 9.64 Å². The van der Waals surface area contributed by atoms with Crippen LogP contribution in [0.25, 0.3) is 0 Å². The number of methoxy groups -OCH3 is 1. The molecule has 0 aliphatic heterocycles. The van der Waals surface area contributed by atoms with E-state index >= 15 is 0 Å². The molecule has 0 aromatic heterocycles. The zero-order valence-corrected chi connectivity index (χ0v) is 10.3. The highest BCUT2D eigenvalue weighted by Gasteiger charge is 2.23. The molecule has 1 aliphatic carbocycles. The van der Waals surface area contributed by atoms with Crippen LogP contribution in [-0.2, 0) is 4.74 Å². The minimum atomic E-state index is 0.310. The summed E-state index contributed by atoms with van der Waals surface area (Å²) in [4.78, 5) is 2.07. The van der Waals surface area contributed by atoms with Crippen molar-refractivity contribution in [1.82, 2.24) is 4.90 Å². The summed E-state index contributed by atoms with van der Waals surface area (Å²) in [6, 6.07) is 0.310. The molecule has 1 saturated carbocycles. The van der Waals surface area contributed by atoms with Crippen LogP contribution in [0, 0.1) is 11.3 Å². The molecule has 1 atom stereocenters. The van der Waals surface area contributed by atoms with Crippen LogP contribution in [0.3, 0.4) is 0 Å². The Morgan fingerprint density at radius 3 is 2.53 bits per heavy atom. The number of hydrogen-bond acceptors (Lipinski definition) is 2. The molecule has 15 heavy (non-hydrogen) atoms. The van der Waals surface area contributed by atoms with Gasteiger partial charge in [-0.2, -0.15) is 0 Å². The summed E-state index contributed by atoms with van der Waals surface area (Å²) < 4.78 is 5.12. The first-order chi connectivity index (χ1) is 7.16. The lowest BCUT2D eigenvalue weighted by Crippen LogP contribution is -2.41. The maximum Gasteiger partial charge on any atom is 0.0990 e. The highest BCUT2D eigenvalue weighted by Crippen LogP contribution is 2.25. The van der Waals surface area contributed by atoms with E-state index in [9.17, 15) is 0 Å². The second-order valence-corrected chi connectivity index (χ2v) is 4.64. The van der Waals surface area contributed by atoms with Gasteiger partial charge in [-0.25, -0.2) is 0 Å². The van der Waals surface area contributed by atoms with Crippen LogP contribution in [0.15, 0.2) is 0 Å². The van der Waals surface area contributed by atoms with Crippen molar-refractivity contribution in [2.75, 3.05) is 20.8 Å². The van der Waals surface area contributed by atoms with E-state index in [1.54, 1.807) is 7.11 Å². The molecule has 0 aromatic carbocycles. The second kappa shape index (κ2) is 6.11. The Hall–Kier alpha value is -0.570. The SMILES string of the molecule is COCC(C)N(C)C(=N)C1CCCCC1. The summed E-state index contributed by atoms with van der Waals surface area (Å²) >= 11 is 0. The Kier molecular flexibility index (Phi) is 5.09. The summed E-state index contributed by atoms with van der Waals surface area (Å²) in [6.07, 6.45) is 6.33. The molecule has 0 saturated heterocycles. The van der Waals surface area contributed by atoms with E-state index < -0.39 is 0 Å². The smallest absolute Gasteiger partial charge is 0.0990 e. The van der Waals surface area contributed by atoms with Crippen molar-refractivity contribution < 1.29 is 4.74 Å². The topological polar surface area (TPSA) is 36.3 Å². The van der Waals surface area contributed by atoms with E-state index in [0.29, 0.717) is 18.6 Å². The summed E-state index contributed by atoms with van der Waals surface area (Å²) in [5.41, 5.74) is 0. The van der Waals surface area contributed by atoms with Gasteiger partial charge in [0.05, 0.1) is 18.5 Å². The largest absolute Gasteiger partial charge is 0.383 e. The molecular weight excluding hydrogens is 188 g/mol. The van der Waals surface area contributed by atoms with Crippen molar-refractivity contribution in [2.24, 2.45) is 5.92 Å². The fraction of sp³-hybridized carbons (Fsp3) is 0.917. The predicted molar refractivity (Wildman–Crippen MR) is 63.4 cm³/mol. The van der Waals surface area contributed by atoms with Crippen LogP contribution in [0.2, 0.25) is 0 Å². The van der Waals surface area contributed by atoms with Gasteiger partial charge in [0, 0.05) is 20.1 Å². The molecule has 1 unspecified atom stereocenters. The molecule has 1 N–H and O–H groups in total. The lowest BCUT2D eigenvalue weighted by atomic mass is 9.88. The van der Waals surface area contributed by atoms with Crippen molar-refractivity contribution in [2.45, 2.75) is 45.1 Å². The zero-order valence-electron chi connectivity index (χ0n) is 10.3. The van der Waals surface area contributed by atoms with E-state index in [-0.39, 0.29) is 0 Å². The molecule has 0 aromatic rings. The van der Waals surface area contributed by atoms with Crippen LogP contribution in [-0.4, -0.2) is 37.5 Å². The van der Waals surface area contributed by atoms with Gasteiger partial charge in [-0.3, -0.25) is 5.41 Å². The van der Waals surface area contributed by atoms with Crippen molar-refractivity contribution in [3.63, 3.8) is 0 Å². The van der Waals surface area contributed by atoms with Crippen LogP contribution in [0.1, 0.15) is 39.0 Å². The van der Waals surface area contributed by atoms with Gasteiger partial charge in [0.2, 0.25) is 0 Å². The van der Waals surface area contributed by atoms with Crippen molar-refractivity contribution in [1.29, 1.82) is 5.41 Å². The average molecular weight is 212 g/mol. The lowest BCUT2D eigenvalue weighted by Gasteiger charge is -2.33. The van der Waals surface area contributed by atoms with Gasteiger partial charge in [0.15, 0.2) is 0 Å². The molecule has 0 bridgehead atoms. The Labute approximate surface area is 93.3 Å². The molecular formula is C12H24N2O. The molecule has 0 radical (unpaired) electrons. The Bertz CT molecular complexity index is 200. The first kappa shape index (κ1) is 12.5. The highest BCUT2D eigenvalue weighted by molar-refractivity contribution is 5.81. The van der Waals surface area contributed by atoms with Crippen LogP contribution < -0.4 is 0 Å². The maximum absolute atomic E-state index is 8.17. The monoisotopic (exact) mass is 212 g/mol. The predicted octanol–water partition coefficient (Wildman–Crippen LogP) is 2.51. The van der Waals surface area contributed by atoms with Crippen LogP contribution >= 0.6 is 0 Å². The zero-order chi connectivity index (χ0) is 11.3. The Morgan fingerprint density at radius 1 is 1.40 bits per heavy atom. The quantitative estimate of drug-likeness (QED) is 0.574. The molecule has 3 heteroatoms. The summed E-state index contributed by atoms with van der Waals surface area (Å²) in [5, 5.41) is 8.17. The van der Waals surface area contributed by atoms with Gasteiger partial charge >= 0.3 is 0 Å². The number of ether oxygens (including phenoxy) is 1. The third kappa shape index (κ3) is 3.49. The van der Waals surface area contributed by atoms with E-state index in [4.69, 9.17) is 10.1 Å². The summed E-state index contributed by atoms with van der Waals surface area (Å²) in [5.74, 6) is 1.29. The van der Waals surface area contributed by atoms with E-state index in [0.717, 1.165) is 5.84 Å². The third-order valence-corrected chi connectivity index (χ3v) is 3.44. The first-order valence-corrected chi connectivity index (χ1v) is 5.97. The van der Waals surface area contributed by atoms with Crippen molar-refractivity contribution in [3.05, 3.63) is 0 Å². The van der Waals surface area contributed by atoms with E-state index in [1.807, 2.05) is 7.05 Å². The fourth-order valence-electron chi connectivity index (χ4n) is 2.25. The molecule has 88 valence electrons. The van der Waals surface area contributed by atoms with E-state index in [1.165, 1.54) is 32.1 Å². The van der Waals surface area contributed by atoms with Crippen LogP contribution in [0.4, 0.5) is 0 Å². The first-order valence-electron chi connectivity index (χ1n) is 5.97. The number of nitrogens with one attached hydrogen (secondary N) is 1. The van der Waals surface area contributed by atoms with Gasteiger partial charge in [0.1, 0.15) is 0 Å². The molecule has 0 heterocycles. The number of likely N-dealkylation sites (N-methyl/N-ethyl adjacent to an activating group) is 1. The Balaban J connectivity index is 2.43. The standard InChI is InChI=1S/C12H24N2O/c1-10(9-15-3)14(2)12(13)11-7-5-4-6-8-11/h10-11,13H,4-9H2,1-3H3. The third-order valence-electron chi connectivity index (χ3n) is 3.44. The molecule has 0 spiro atoms. The normalized spacial score (nSPS) is 19.9. The summed E-state index contributed by atoms with van der Waals surface area (Å²) in [6.45, 7) is 2.81. The van der Waals surface area contributed by atoms with Crippen molar-refractivity contribution in [3.8, 4) is 0 Å². The molecule has 0 amide bonds. The number of amidine groups is 1. The van der Waals surface area contributed by atoms with Crippen LogP contribution in [0.5, 0.6) is 0 Å². The van der Waals surface area contributed by atoms with Gasteiger partial charge in [-0.05, 0) is 19.8 Å². The number of rotatable bonds is 4. The molecule has 3 nitrogen and oxygen atoms in total. The van der Waals surface area contributed by atoms with Gasteiger partial charge in [-0.1, -0.05) is 19.3 Å². The maximum atomic E-state index is 8.17. The van der Waals surface area contributed by atoms with E-state index in [2.05, 4.69) is 11.8 Å². The molecule has 1 fully saturated rings. The minimum absolute atomic E-state index is 0.310. The highest BCUT2D eigenvalue weighted by atomic mass is 16.5. The fourth-order valence-corrected chi connectivity index (χ4v) is 2.25. The van der Waals surface area contributed by atoms with Gasteiger partial charge in [-0.15, -0.1) is 0 Å². The average Bonchev–Trinajstić information content (AvgIpc) is 2.28. The lowest BCUT2D eigenvalue weighted by molar-refractivity contribution is 0.142. The molecule has 1 rings (SSSR count). The van der Waals surface area contributed by atoms with Crippen molar-refractivity contribution >= 4 is 5.84 Å². The summed E-state index contributed by atoms with van der Waals surface area (Å²) in [7, 11) is 3.73. The number of hydrogen-bond donors (Lipinski definition) is 1. The Morgan fingerprint density at radius 2 is 2.00 bits per heavy atom. The molecule has 1 aliphatic rings.